The number of aryl methyl sites for hydroxylation is 1. The van der Waals surface area contributed by atoms with E-state index in [1.54, 1.807) is 18.2 Å². The van der Waals surface area contributed by atoms with Crippen molar-refractivity contribution in [2.24, 2.45) is 0 Å². The van der Waals surface area contributed by atoms with Crippen LogP contribution in [0.2, 0.25) is 0 Å². The Kier molecular flexibility index (Phi) is 3.19. The lowest BCUT2D eigenvalue weighted by Gasteiger charge is -2.13. The maximum absolute atomic E-state index is 9.47. The molecule has 3 N–H and O–H groups in total. The van der Waals surface area contributed by atoms with E-state index < -0.39 is 0 Å². The predicted octanol–water partition coefficient (Wildman–Crippen LogP) is 2.86. The minimum Gasteiger partial charge on any atom is -0.508 e. The number of hydrogen-bond donors (Lipinski definition) is 2. The molecule has 0 aliphatic carbocycles. The molecule has 18 heavy (non-hydrogen) atoms. The number of benzene rings is 1. The molecule has 0 radical (unpaired) electrons. The Morgan fingerprint density at radius 1 is 1.22 bits per heavy atom. The summed E-state index contributed by atoms with van der Waals surface area (Å²) in [5.74, 6) is 1.55. The van der Waals surface area contributed by atoms with Gasteiger partial charge in [0, 0.05) is 16.8 Å². The Labute approximate surface area is 107 Å². The number of phenolic OH excluding ortho intramolecular Hbond substituents is 1. The lowest BCUT2D eigenvalue weighted by Crippen LogP contribution is -2.06. The van der Waals surface area contributed by atoms with Crippen molar-refractivity contribution >= 4 is 5.82 Å². The molecule has 4 nitrogen and oxygen atoms in total. The normalized spacial score (nSPS) is 10.9. The molecular weight excluding hydrogens is 226 g/mol. The van der Waals surface area contributed by atoms with Crippen molar-refractivity contribution in [3.63, 3.8) is 0 Å². The third-order valence-corrected chi connectivity index (χ3v) is 2.85. The summed E-state index contributed by atoms with van der Waals surface area (Å²) in [6.07, 6.45) is 0. The van der Waals surface area contributed by atoms with Gasteiger partial charge in [0.1, 0.15) is 11.6 Å². The number of aromatic hydroxyl groups is 1. The highest BCUT2D eigenvalue weighted by Crippen LogP contribution is 2.27. The Balaban J connectivity index is 2.55. The second-order valence-electron chi connectivity index (χ2n) is 4.64. The molecular formula is C14H17N3O. The van der Waals surface area contributed by atoms with Gasteiger partial charge in [0.15, 0.2) is 5.82 Å². The molecule has 2 rings (SSSR count). The molecule has 0 fully saturated rings. The Morgan fingerprint density at radius 3 is 2.50 bits per heavy atom. The smallest absolute Gasteiger partial charge is 0.161 e. The molecule has 1 aromatic heterocycles. The van der Waals surface area contributed by atoms with E-state index in [2.05, 4.69) is 23.8 Å². The van der Waals surface area contributed by atoms with Gasteiger partial charge in [0.2, 0.25) is 0 Å². The first kappa shape index (κ1) is 12.4. The Hall–Kier alpha value is -2.10. The van der Waals surface area contributed by atoms with Gasteiger partial charge in [-0.3, -0.25) is 0 Å². The SMILES string of the molecule is Cc1nc(-c2cccc(O)c2)nc(N)c1C(C)C. The van der Waals surface area contributed by atoms with E-state index in [9.17, 15) is 5.11 Å². The summed E-state index contributed by atoms with van der Waals surface area (Å²) in [7, 11) is 0. The maximum atomic E-state index is 9.47. The number of aromatic nitrogens is 2. The molecule has 0 unspecified atom stereocenters. The zero-order valence-electron chi connectivity index (χ0n) is 10.8. The number of hydrogen-bond acceptors (Lipinski definition) is 4. The summed E-state index contributed by atoms with van der Waals surface area (Å²) >= 11 is 0. The van der Waals surface area contributed by atoms with Crippen LogP contribution < -0.4 is 5.73 Å². The zero-order valence-corrected chi connectivity index (χ0v) is 10.8. The monoisotopic (exact) mass is 243 g/mol. The summed E-state index contributed by atoms with van der Waals surface area (Å²) in [5.41, 5.74) is 8.62. The van der Waals surface area contributed by atoms with Crippen LogP contribution in [0.4, 0.5) is 5.82 Å². The van der Waals surface area contributed by atoms with Crippen molar-refractivity contribution in [3.05, 3.63) is 35.5 Å². The minimum atomic E-state index is 0.195. The lowest BCUT2D eigenvalue weighted by atomic mass is 10.0. The summed E-state index contributed by atoms with van der Waals surface area (Å²) < 4.78 is 0. The minimum absolute atomic E-state index is 0.195. The molecule has 4 heteroatoms. The van der Waals surface area contributed by atoms with E-state index in [-0.39, 0.29) is 5.75 Å². The van der Waals surface area contributed by atoms with Crippen molar-refractivity contribution in [1.82, 2.24) is 9.97 Å². The number of anilines is 1. The molecule has 0 aliphatic heterocycles. The molecule has 1 heterocycles. The van der Waals surface area contributed by atoms with Crippen LogP contribution in [0.25, 0.3) is 11.4 Å². The molecule has 0 aliphatic rings. The molecule has 0 atom stereocenters. The van der Waals surface area contributed by atoms with Gasteiger partial charge in [0.05, 0.1) is 0 Å². The van der Waals surface area contributed by atoms with Crippen LogP contribution in [0.15, 0.2) is 24.3 Å². The molecule has 2 aromatic rings. The molecule has 0 amide bonds. The first-order valence-electron chi connectivity index (χ1n) is 5.92. The number of nitrogen functional groups attached to an aromatic ring is 1. The van der Waals surface area contributed by atoms with E-state index in [0.717, 1.165) is 16.8 Å². The first-order chi connectivity index (χ1) is 8.49. The third-order valence-electron chi connectivity index (χ3n) is 2.85. The first-order valence-corrected chi connectivity index (χ1v) is 5.92. The second kappa shape index (κ2) is 4.64. The van der Waals surface area contributed by atoms with Crippen molar-refractivity contribution in [3.8, 4) is 17.1 Å². The Morgan fingerprint density at radius 2 is 1.94 bits per heavy atom. The highest BCUT2D eigenvalue weighted by Gasteiger charge is 2.13. The van der Waals surface area contributed by atoms with Gasteiger partial charge in [-0.1, -0.05) is 26.0 Å². The molecule has 0 saturated heterocycles. The zero-order chi connectivity index (χ0) is 13.3. The fourth-order valence-electron chi connectivity index (χ4n) is 2.09. The van der Waals surface area contributed by atoms with E-state index in [4.69, 9.17) is 5.73 Å². The summed E-state index contributed by atoms with van der Waals surface area (Å²) in [6, 6.07) is 6.85. The van der Waals surface area contributed by atoms with Gasteiger partial charge in [-0.05, 0) is 25.0 Å². The van der Waals surface area contributed by atoms with E-state index in [0.29, 0.717) is 17.6 Å². The number of phenols is 1. The van der Waals surface area contributed by atoms with E-state index in [1.807, 2.05) is 13.0 Å². The average molecular weight is 243 g/mol. The van der Waals surface area contributed by atoms with Crippen LogP contribution in [0.5, 0.6) is 5.75 Å². The predicted molar refractivity (Wildman–Crippen MR) is 72.4 cm³/mol. The molecule has 94 valence electrons. The number of rotatable bonds is 2. The molecule has 1 aromatic carbocycles. The Bertz CT molecular complexity index is 556. The highest BCUT2D eigenvalue weighted by molar-refractivity contribution is 5.60. The lowest BCUT2D eigenvalue weighted by molar-refractivity contribution is 0.475. The highest BCUT2D eigenvalue weighted by atomic mass is 16.3. The number of nitrogens with two attached hydrogens (primary N) is 1. The van der Waals surface area contributed by atoms with Gasteiger partial charge < -0.3 is 10.8 Å². The van der Waals surface area contributed by atoms with Gasteiger partial charge in [-0.25, -0.2) is 9.97 Å². The molecule has 0 saturated carbocycles. The van der Waals surface area contributed by atoms with Crippen LogP contribution in [0.1, 0.15) is 31.0 Å². The van der Waals surface area contributed by atoms with Crippen molar-refractivity contribution in [2.75, 3.05) is 5.73 Å². The van der Waals surface area contributed by atoms with E-state index in [1.165, 1.54) is 0 Å². The van der Waals surface area contributed by atoms with Gasteiger partial charge >= 0.3 is 0 Å². The van der Waals surface area contributed by atoms with Gasteiger partial charge in [-0.2, -0.15) is 0 Å². The topological polar surface area (TPSA) is 72.0 Å². The fraction of sp³-hybridized carbons (Fsp3) is 0.286. The van der Waals surface area contributed by atoms with Gasteiger partial charge in [0.25, 0.3) is 0 Å². The number of nitrogens with zero attached hydrogens (tertiary/aromatic N) is 2. The third kappa shape index (κ3) is 2.27. The van der Waals surface area contributed by atoms with E-state index >= 15 is 0 Å². The van der Waals surface area contributed by atoms with Crippen LogP contribution in [0.3, 0.4) is 0 Å². The largest absolute Gasteiger partial charge is 0.508 e. The van der Waals surface area contributed by atoms with Crippen molar-refractivity contribution < 1.29 is 5.11 Å². The quantitative estimate of drug-likeness (QED) is 0.850. The van der Waals surface area contributed by atoms with Gasteiger partial charge in [-0.15, -0.1) is 0 Å². The average Bonchev–Trinajstić information content (AvgIpc) is 2.27. The fourth-order valence-corrected chi connectivity index (χ4v) is 2.09. The standard InChI is InChI=1S/C14H17N3O/c1-8(2)12-9(3)16-14(17-13(12)15)10-5-4-6-11(18)7-10/h4-8,18H,1-3H3,(H2,15,16,17). The van der Waals surface area contributed by atoms with Crippen LogP contribution in [-0.4, -0.2) is 15.1 Å². The maximum Gasteiger partial charge on any atom is 0.161 e. The summed E-state index contributed by atoms with van der Waals surface area (Å²) in [4.78, 5) is 8.79. The van der Waals surface area contributed by atoms with Crippen molar-refractivity contribution in [2.45, 2.75) is 26.7 Å². The van der Waals surface area contributed by atoms with Crippen LogP contribution in [-0.2, 0) is 0 Å². The molecule has 0 spiro atoms. The van der Waals surface area contributed by atoms with Crippen LogP contribution in [0, 0.1) is 6.92 Å². The molecule has 0 bridgehead atoms. The van der Waals surface area contributed by atoms with Crippen molar-refractivity contribution in [1.29, 1.82) is 0 Å². The second-order valence-corrected chi connectivity index (χ2v) is 4.64. The summed E-state index contributed by atoms with van der Waals surface area (Å²) in [5, 5.41) is 9.47. The summed E-state index contributed by atoms with van der Waals surface area (Å²) in [6.45, 7) is 6.06. The van der Waals surface area contributed by atoms with Crippen LogP contribution >= 0.6 is 0 Å².